The number of ether oxygens (including phenoxy) is 1. The second kappa shape index (κ2) is 5.94. The molecule has 124 valence electrons. The Morgan fingerprint density at radius 2 is 2.29 bits per heavy atom. The molecule has 0 radical (unpaired) electrons. The molecule has 0 spiro atoms. The van der Waals surface area contributed by atoms with E-state index in [1.807, 2.05) is 42.9 Å². The maximum Gasteiger partial charge on any atom is 0.261 e. The summed E-state index contributed by atoms with van der Waals surface area (Å²) in [6.45, 7) is 3.24. The van der Waals surface area contributed by atoms with Crippen LogP contribution in [0.4, 0.5) is 0 Å². The third kappa shape index (κ3) is 2.67. The van der Waals surface area contributed by atoms with Gasteiger partial charge in [-0.25, -0.2) is 0 Å². The summed E-state index contributed by atoms with van der Waals surface area (Å²) in [6, 6.07) is 10.0. The molecule has 5 nitrogen and oxygen atoms in total. The number of hydrogen-bond acceptors (Lipinski definition) is 4. The van der Waals surface area contributed by atoms with E-state index in [0.717, 1.165) is 33.0 Å². The second-order valence-corrected chi connectivity index (χ2v) is 7.27. The van der Waals surface area contributed by atoms with E-state index >= 15 is 0 Å². The van der Waals surface area contributed by atoms with Crippen molar-refractivity contribution in [2.24, 2.45) is 13.0 Å². The summed E-state index contributed by atoms with van der Waals surface area (Å²) in [7, 11) is 1.91. The summed E-state index contributed by atoms with van der Waals surface area (Å²) in [6.07, 6.45) is 0.936. The molecular weight excluding hydrogens is 322 g/mol. The number of aromatic nitrogens is 2. The number of carbonyl (C=O) groups excluding carboxylic acids is 1. The highest BCUT2D eigenvalue weighted by molar-refractivity contribution is 7.20. The van der Waals surface area contributed by atoms with Crippen LogP contribution in [0.25, 0.3) is 10.2 Å². The van der Waals surface area contributed by atoms with Crippen LogP contribution in [0.5, 0.6) is 5.75 Å². The fraction of sp³-hybridized carbons (Fsp3) is 0.333. The molecule has 0 saturated heterocycles. The Bertz CT molecular complexity index is 878. The van der Waals surface area contributed by atoms with Gasteiger partial charge < -0.3 is 10.1 Å². The van der Waals surface area contributed by atoms with Gasteiger partial charge in [-0.05, 0) is 31.0 Å². The Morgan fingerprint density at radius 3 is 3.12 bits per heavy atom. The van der Waals surface area contributed by atoms with E-state index in [2.05, 4.69) is 16.5 Å². The lowest BCUT2D eigenvalue weighted by atomic mass is 9.97. The topological polar surface area (TPSA) is 56.2 Å². The van der Waals surface area contributed by atoms with Crippen molar-refractivity contribution in [3.8, 4) is 5.75 Å². The zero-order valence-electron chi connectivity index (χ0n) is 13.7. The Morgan fingerprint density at radius 1 is 1.46 bits per heavy atom. The van der Waals surface area contributed by atoms with Crippen LogP contribution >= 0.6 is 11.3 Å². The zero-order chi connectivity index (χ0) is 16.7. The van der Waals surface area contributed by atoms with Gasteiger partial charge in [0, 0.05) is 24.9 Å². The van der Waals surface area contributed by atoms with E-state index in [1.54, 1.807) is 0 Å². The van der Waals surface area contributed by atoms with Crippen molar-refractivity contribution in [3.63, 3.8) is 0 Å². The Hall–Kier alpha value is -2.34. The molecule has 0 fully saturated rings. The zero-order valence-corrected chi connectivity index (χ0v) is 14.5. The molecule has 6 heteroatoms. The molecule has 3 aromatic rings. The van der Waals surface area contributed by atoms with E-state index in [-0.39, 0.29) is 5.91 Å². The van der Waals surface area contributed by atoms with Crippen LogP contribution in [0.1, 0.15) is 20.9 Å². The van der Waals surface area contributed by atoms with E-state index in [1.165, 1.54) is 16.9 Å². The standard InChI is InChI=1S/C18H19N3O2S/c1-11-14-8-16(24-18(14)21(2)20-11)17(22)19-9-12-7-13-5-3-4-6-15(13)23-10-12/h3-6,8,12H,7,9-10H2,1-2H3,(H,19,22). The lowest BCUT2D eigenvalue weighted by molar-refractivity contribution is 0.0943. The van der Waals surface area contributed by atoms with Crippen LogP contribution in [-0.4, -0.2) is 28.8 Å². The van der Waals surface area contributed by atoms with Crippen LogP contribution in [0.15, 0.2) is 30.3 Å². The van der Waals surface area contributed by atoms with Gasteiger partial charge in [-0.1, -0.05) is 18.2 Å². The van der Waals surface area contributed by atoms with Crippen LogP contribution < -0.4 is 10.1 Å². The van der Waals surface area contributed by atoms with Gasteiger partial charge >= 0.3 is 0 Å². The molecule has 1 aromatic carbocycles. The van der Waals surface area contributed by atoms with Gasteiger partial charge in [0.05, 0.1) is 17.2 Å². The van der Waals surface area contributed by atoms with Gasteiger partial charge in [0.15, 0.2) is 0 Å². The molecule has 0 aliphatic carbocycles. The van der Waals surface area contributed by atoms with Gasteiger partial charge in [0.2, 0.25) is 0 Å². The monoisotopic (exact) mass is 341 g/mol. The Kier molecular flexibility index (Phi) is 3.76. The molecule has 1 N–H and O–H groups in total. The van der Waals surface area contributed by atoms with Crippen molar-refractivity contribution in [2.45, 2.75) is 13.3 Å². The minimum absolute atomic E-state index is 0.0190. The molecule has 1 aliphatic rings. The number of benzene rings is 1. The third-order valence-electron chi connectivity index (χ3n) is 4.43. The molecule has 1 atom stereocenters. The summed E-state index contributed by atoms with van der Waals surface area (Å²) in [4.78, 5) is 14.2. The number of carbonyl (C=O) groups is 1. The van der Waals surface area contributed by atoms with Crippen molar-refractivity contribution in [2.75, 3.05) is 13.2 Å². The minimum Gasteiger partial charge on any atom is -0.493 e. The smallest absolute Gasteiger partial charge is 0.261 e. The van der Waals surface area contributed by atoms with Crippen molar-refractivity contribution >= 4 is 27.5 Å². The number of hydrogen-bond donors (Lipinski definition) is 1. The summed E-state index contributed by atoms with van der Waals surface area (Å²) in [5.74, 6) is 1.25. The molecule has 1 amide bonds. The first kappa shape index (κ1) is 15.2. The maximum absolute atomic E-state index is 12.5. The number of nitrogens with one attached hydrogen (secondary N) is 1. The highest BCUT2D eigenvalue weighted by Gasteiger charge is 2.21. The number of nitrogens with zero attached hydrogens (tertiary/aromatic N) is 2. The van der Waals surface area contributed by atoms with Gasteiger partial charge in [0.1, 0.15) is 10.6 Å². The Labute approximate surface area is 144 Å². The summed E-state index contributed by atoms with van der Waals surface area (Å²) >= 11 is 1.49. The van der Waals surface area contributed by atoms with E-state index in [9.17, 15) is 4.79 Å². The fourth-order valence-electron chi connectivity index (χ4n) is 3.16. The summed E-state index contributed by atoms with van der Waals surface area (Å²) in [5, 5.41) is 8.48. The minimum atomic E-state index is -0.0190. The molecule has 2 aromatic heterocycles. The van der Waals surface area contributed by atoms with Crippen molar-refractivity contribution in [1.29, 1.82) is 0 Å². The predicted octanol–water partition coefficient (Wildman–Crippen LogP) is 2.92. The third-order valence-corrected chi connectivity index (χ3v) is 5.63. The molecule has 3 heterocycles. The second-order valence-electron chi connectivity index (χ2n) is 6.24. The molecule has 24 heavy (non-hydrogen) atoms. The number of rotatable bonds is 3. The average molecular weight is 341 g/mol. The largest absolute Gasteiger partial charge is 0.493 e. The molecule has 4 rings (SSSR count). The first-order valence-electron chi connectivity index (χ1n) is 8.04. The molecule has 0 saturated carbocycles. The molecule has 0 bridgehead atoms. The van der Waals surface area contributed by atoms with E-state index < -0.39 is 0 Å². The van der Waals surface area contributed by atoms with Crippen molar-refractivity contribution in [3.05, 3.63) is 46.5 Å². The van der Waals surface area contributed by atoms with Crippen LogP contribution in [0, 0.1) is 12.8 Å². The number of thiophene rings is 1. The fourth-order valence-corrected chi connectivity index (χ4v) is 4.20. The van der Waals surface area contributed by atoms with Gasteiger partial charge in [-0.15, -0.1) is 11.3 Å². The number of aryl methyl sites for hydroxylation is 2. The lowest BCUT2D eigenvalue weighted by Gasteiger charge is -2.25. The highest BCUT2D eigenvalue weighted by Crippen LogP contribution is 2.28. The first-order valence-corrected chi connectivity index (χ1v) is 8.85. The van der Waals surface area contributed by atoms with Crippen LogP contribution in [0.3, 0.4) is 0 Å². The molecule has 1 unspecified atom stereocenters. The van der Waals surface area contributed by atoms with Crippen molar-refractivity contribution < 1.29 is 9.53 Å². The summed E-state index contributed by atoms with van der Waals surface area (Å²) in [5.41, 5.74) is 2.17. The number of fused-ring (bicyclic) bond motifs is 2. The van der Waals surface area contributed by atoms with Gasteiger partial charge in [0.25, 0.3) is 5.91 Å². The molecule has 1 aliphatic heterocycles. The Balaban J connectivity index is 1.42. The maximum atomic E-state index is 12.5. The quantitative estimate of drug-likeness (QED) is 0.797. The molecular formula is C18H19N3O2S. The number of para-hydroxylation sites is 1. The summed E-state index contributed by atoms with van der Waals surface area (Å²) < 4.78 is 7.61. The lowest BCUT2D eigenvalue weighted by Crippen LogP contribution is -2.34. The van der Waals surface area contributed by atoms with Crippen molar-refractivity contribution in [1.82, 2.24) is 15.1 Å². The number of amides is 1. The SMILES string of the molecule is Cc1nn(C)c2sc(C(=O)NCC3COc4ccccc4C3)cc12. The van der Waals surface area contributed by atoms with Gasteiger partial charge in [-0.3, -0.25) is 9.48 Å². The van der Waals surface area contributed by atoms with E-state index in [0.29, 0.717) is 19.1 Å². The normalized spacial score (nSPS) is 16.7. The van der Waals surface area contributed by atoms with Gasteiger partial charge in [-0.2, -0.15) is 5.10 Å². The van der Waals surface area contributed by atoms with Crippen LogP contribution in [0.2, 0.25) is 0 Å². The first-order chi connectivity index (χ1) is 11.6. The highest BCUT2D eigenvalue weighted by atomic mass is 32.1. The van der Waals surface area contributed by atoms with E-state index in [4.69, 9.17) is 4.74 Å². The predicted molar refractivity (Wildman–Crippen MR) is 94.8 cm³/mol. The van der Waals surface area contributed by atoms with Crippen LogP contribution in [-0.2, 0) is 13.5 Å². The average Bonchev–Trinajstić information content (AvgIpc) is 3.14.